The van der Waals surface area contributed by atoms with Crippen LogP contribution in [0.2, 0.25) is 0 Å². The molecule has 3 amide bonds. The van der Waals surface area contributed by atoms with E-state index in [4.69, 9.17) is 9.47 Å². The molecule has 1 heterocycles. The number of aliphatic hydroxyl groups is 1. The number of rotatable bonds is 10. The van der Waals surface area contributed by atoms with Crippen LogP contribution in [0, 0.1) is 5.92 Å². The number of benzene rings is 3. The average molecular weight is 615 g/mol. The van der Waals surface area contributed by atoms with Crippen molar-refractivity contribution in [1.29, 1.82) is 0 Å². The third-order valence-electron chi connectivity index (χ3n) is 8.71. The molecule has 0 bridgehead atoms. The van der Waals surface area contributed by atoms with Gasteiger partial charge in [0.25, 0.3) is 5.91 Å². The van der Waals surface area contributed by atoms with E-state index in [1.807, 2.05) is 49.4 Å². The number of carbonyl (C=O) groups is 2. The van der Waals surface area contributed by atoms with Gasteiger partial charge in [0.1, 0.15) is 23.4 Å². The molecular formula is C36H46N4O5. The van der Waals surface area contributed by atoms with E-state index in [0.717, 1.165) is 42.7 Å². The van der Waals surface area contributed by atoms with Gasteiger partial charge in [-0.25, -0.2) is 4.79 Å². The predicted molar refractivity (Wildman–Crippen MR) is 176 cm³/mol. The number of carbonyl (C=O) groups excluding carboxylic acids is 2. The number of nitrogens with zero attached hydrogens (tertiary/aromatic N) is 2. The van der Waals surface area contributed by atoms with Crippen molar-refractivity contribution in [3.8, 4) is 17.2 Å². The third kappa shape index (κ3) is 8.77. The molecule has 0 aromatic heterocycles. The summed E-state index contributed by atoms with van der Waals surface area (Å²) in [6, 6.07) is 22.6. The fourth-order valence-corrected chi connectivity index (χ4v) is 6.09. The van der Waals surface area contributed by atoms with Gasteiger partial charge in [-0.05, 0) is 74.8 Å². The maximum atomic E-state index is 13.8. The number of aliphatic hydroxyl groups excluding tert-OH is 1. The second-order valence-corrected chi connectivity index (χ2v) is 12.5. The minimum absolute atomic E-state index is 0.000675. The standard InChI is InChI=1S/C36H46N4O5/c1-25-21-40(26(2)24-41)35(42)32-20-29(38-36(43)37-28-10-6-4-7-11-28)16-19-33(32)45-34(25)23-39(3)22-27-14-17-31(18-15-27)44-30-12-8-5-9-13-30/h5,8-9,12-20,25-26,28,34,41H,4,6-7,10-11,21-24H2,1-3H3,(H2,37,38,43)/t25-,26+,34-/m0/s1. The molecule has 0 unspecified atom stereocenters. The van der Waals surface area contributed by atoms with Gasteiger partial charge >= 0.3 is 6.03 Å². The van der Waals surface area contributed by atoms with Crippen molar-refractivity contribution >= 4 is 17.6 Å². The lowest BCUT2D eigenvalue weighted by Crippen LogP contribution is -2.49. The Hall–Kier alpha value is -4.08. The van der Waals surface area contributed by atoms with Gasteiger partial charge in [0, 0.05) is 37.3 Å². The largest absolute Gasteiger partial charge is 0.488 e. The molecule has 45 heavy (non-hydrogen) atoms. The van der Waals surface area contributed by atoms with E-state index in [1.54, 1.807) is 23.1 Å². The van der Waals surface area contributed by atoms with E-state index in [1.165, 1.54) is 6.42 Å². The lowest BCUT2D eigenvalue weighted by atomic mass is 9.96. The van der Waals surface area contributed by atoms with Gasteiger partial charge < -0.3 is 30.1 Å². The van der Waals surface area contributed by atoms with E-state index in [-0.39, 0.29) is 42.7 Å². The molecule has 9 heteroatoms. The van der Waals surface area contributed by atoms with Crippen LogP contribution in [-0.2, 0) is 6.54 Å². The molecule has 0 saturated heterocycles. The number of nitrogens with one attached hydrogen (secondary N) is 2. The van der Waals surface area contributed by atoms with Crippen LogP contribution in [-0.4, -0.2) is 71.8 Å². The number of likely N-dealkylation sites (N-methyl/N-ethyl adjacent to an activating group) is 1. The highest BCUT2D eigenvalue weighted by Crippen LogP contribution is 2.31. The lowest BCUT2D eigenvalue weighted by molar-refractivity contribution is 0.0341. The first kappa shape index (κ1) is 32.3. The van der Waals surface area contributed by atoms with Crippen LogP contribution in [0.25, 0.3) is 0 Å². The molecule has 5 rings (SSSR count). The Morgan fingerprint density at radius 2 is 1.76 bits per heavy atom. The molecule has 2 aliphatic rings. The number of anilines is 1. The van der Waals surface area contributed by atoms with Crippen LogP contribution in [0.1, 0.15) is 61.9 Å². The van der Waals surface area contributed by atoms with Gasteiger partial charge in [0.05, 0.1) is 18.2 Å². The Kier molecular flexibility index (Phi) is 11.0. The monoisotopic (exact) mass is 614 g/mol. The molecule has 3 aromatic carbocycles. The summed E-state index contributed by atoms with van der Waals surface area (Å²) in [7, 11) is 2.06. The number of urea groups is 1. The first-order chi connectivity index (χ1) is 21.8. The molecule has 1 fully saturated rings. The molecule has 3 N–H and O–H groups in total. The van der Waals surface area contributed by atoms with E-state index in [0.29, 0.717) is 36.6 Å². The number of amides is 3. The highest BCUT2D eigenvalue weighted by atomic mass is 16.5. The van der Waals surface area contributed by atoms with Crippen molar-refractivity contribution in [3.05, 3.63) is 83.9 Å². The summed E-state index contributed by atoms with van der Waals surface area (Å²) in [4.78, 5) is 30.5. The first-order valence-electron chi connectivity index (χ1n) is 16.1. The summed E-state index contributed by atoms with van der Waals surface area (Å²) in [5, 5.41) is 16.0. The summed E-state index contributed by atoms with van der Waals surface area (Å²) in [5.41, 5.74) is 2.04. The summed E-state index contributed by atoms with van der Waals surface area (Å²) < 4.78 is 12.5. The van der Waals surface area contributed by atoms with Crippen LogP contribution in [0.15, 0.2) is 72.8 Å². The van der Waals surface area contributed by atoms with Crippen molar-refractivity contribution in [1.82, 2.24) is 15.1 Å². The normalized spacial score (nSPS) is 19.6. The van der Waals surface area contributed by atoms with E-state index >= 15 is 0 Å². The molecule has 3 atom stereocenters. The number of fused-ring (bicyclic) bond motifs is 1. The fourth-order valence-electron chi connectivity index (χ4n) is 6.09. The van der Waals surface area contributed by atoms with Crippen molar-refractivity contribution in [2.24, 2.45) is 5.92 Å². The van der Waals surface area contributed by atoms with Crippen molar-refractivity contribution in [2.45, 2.75) is 70.7 Å². The van der Waals surface area contributed by atoms with Crippen LogP contribution >= 0.6 is 0 Å². The SMILES string of the molecule is C[C@H](CO)N1C[C@H](C)[C@H](CN(C)Cc2ccc(Oc3ccccc3)cc2)Oc2ccc(NC(=O)NC3CCCCC3)cc2C1=O. The van der Waals surface area contributed by atoms with E-state index < -0.39 is 0 Å². The summed E-state index contributed by atoms with van der Waals surface area (Å²) >= 11 is 0. The fraction of sp³-hybridized carbons (Fsp3) is 0.444. The zero-order valence-corrected chi connectivity index (χ0v) is 26.6. The Bertz CT molecular complexity index is 1410. The average Bonchev–Trinajstić information content (AvgIpc) is 3.04. The van der Waals surface area contributed by atoms with Crippen LogP contribution in [0.5, 0.6) is 17.2 Å². The van der Waals surface area contributed by atoms with Crippen LogP contribution < -0.4 is 20.1 Å². The highest BCUT2D eigenvalue weighted by molar-refractivity contribution is 5.99. The third-order valence-corrected chi connectivity index (χ3v) is 8.71. The first-order valence-corrected chi connectivity index (χ1v) is 16.1. The summed E-state index contributed by atoms with van der Waals surface area (Å²) in [6.45, 7) is 5.55. The van der Waals surface area contributed by atoms with Gasteiger partial charge in [0.15, 0.2) is 0 Å². The molecule has 9 nitrogen and oxygen atoms in total. The predicted octanol–water partition coefficient (Wildman–Crippen LogP) is 6.29. The number of hydrogen-bond acceptors (Lipinski definition) is 6. The molecule has 1 aliphatic heterocycles. The van der Waals surface area contributed by atoms with Gasteiger partial charge in [-0.1, -0.05) is 56.5 Å². The van der Waals surface area contributed by atoms with Crippen LogP contribution in [0.3, 0.4) is 0 Å². The highest BCUT2D eigenvalue weighted by Gasteiger charge is 2.33. The van der Waals surface area contributed by atoms with E-state index in [9.17, 15) is 14.7 Å². The zero-order chi connectivity index (χ0) is 31.8. The minimum Gasteiger partial charge on any atom is -0.488 e. The Balaban J connectivity index is 1.28. The zero-order valence-electron chi connectivity index (χ0n) is 26.6. The maximum Gasteiger partial charge on any atom is 0.319 e. The number of para-hydroxylation sites is 1. The lowest BCUT2D eigenvalue weighted by Gasteiger charge is -2.38. The Labute approximate surface area is 266 Å². The number of ether oxygens (including phenoxy) is 2. The molecule has 0 radical (unpaired) electrons. The number of hydrogen-bond donors (Lipinski definition) is 3. The maximum absolute atomic E-state index is 13.8. The van der Waals surface area contributed by atoms with Gasteiger partial charge in [-0.3, -0.25) is 9.69 Å². The van der Waals surface area contributed by atoms with Gasteiger partial charge in [-0.15, -0.1) is 0 Å². The van der Waals surface area contributed by atoms with Gasteiger partial charge in [0.2, 0.25) is 0 Å². The molecule has 1 saturated carbocycles. The van der Waals surface area contributed by atoms with Crippen LogP contribution in [0.4, 0.5) is 10.5 Å². The molecule has 0 spiro atoms. The quantitative estimate of drug-likeness (QED) is 0.248. The van der Waals surface area contributed by atoms with Crippen molar-refractivity contribution in [3.63, 3.8) is 0 Å². The topological polar surface area (TPSA) is 103 Å². The molecular weight excluding hydrogens is 568 g/mol. The van der Waals surface area contributed by atoms with E-state index in [2.05, 4.69) is 41.6 Å². The second kappa shape index (κ2) is 15.3. The summed E-state index contributed by atoms with van der Waals surface area (Å²) in [5.74, 6) is 1.83. The second-order valence-electron chi connectivity index (χ2n) is 12.5. The summed E-state index contributed by atoms with van der Waals surface area (Å²) in [6.07, 6.45) is 5.21. The van der Waals surface area contributed by atoms with Crippen molar-refractivity contribution in [2.75, 3.05) is 32.1 Å². The minimum atomic E-state index is -0.368. The van der Waals surface area contributed by atoms with Crippen molar-refractivity contribution < 1.29 is 24.2 Å². The smallest absolute Gasteiger partial charge is 0.319 e. The molecule has 3 aromatic rings. The Morgan fingerprint density at radius 3 is 2.47 bits per heavy atom. The van der Waals surface area contributed by atoms with Gasteiger partial charge in [-0.2, -0.15) is 0 Å². The molecule has 240 valence electrons. The Morgan fingerprint density at radius 1 is 1.04 bits per heavy atom. The molecule has 1 aliphatic carbocycles.